The van der Waals surface area contributed by atoms with E-state index in [1.807, 2.05) is 18.5 Å². The Bertz CT molecular complexity index is 1280. The molecule has 1 aromatic carbocycles. The molecule has 2 aliphatic carbocycles. The SMILES string of the molecule is CCCSc1nc(N[C@H]2C[C@H]2c2ccccc2)c2nnn([C@H]3C[C@@H](C=CCI)C4OC(C)(C)O[C@@H]43)c2n1. The Morgan fingerprint density at radius 2 is 1.97 bits per heavy atom. The Labute approximate surface area is 235 Å². The summed E-state index contributed by atoms with van der Waals surface area (Å²) in [6.07, 6.45) is 7.38. The number of hydrogen-bond acceptors (Lipinski definition) is 8. The number of nitrogens with zero attached hydrogens (tertiary/aromatic N) is 5. The van der Waals surface area contributed by atoms with Crippen LogP contribution in [-0.4, -0.2) is 59.2 Å². The summed E-state index contributed by atoms with van der Waals surface area (Å²) in [4.78, 5) is 9.84. The monoisotopic (exact) mass is 632 g/mol. The van der Waals surface area contributed by atoms with Gasteiger partial charge in [0.05, 0.1) is 12.1 Å². The van der Waals surface area contributed by atoms with Gasteiger partial charge >= 0.3 is 0 Å². The summed E-state index contributed by atoms with van der Waals surface area (Å²) in [6.45, 7) is 6.15. The number of nitrogens with one attached hydrogen (secondary N) is 1. The maximum atomic E-state index is 6.42. The maximum absolute atomic E-state index is 6.42. The van der Waals surface area contributed by atoms with Crippen molar-refractivity contribution in [3.8, 4) is 0 Å². The molecule has 0 bridgehead atoms. The summed E-state index contributed by atoms with van der Waals surface area (Å²) in [5.74, 6) is 1.87. The van der Waals surface area contributed by atoms with Gasteiger partial charge in [0.2, 0.25) is 0 Å². The number of halogens is 1. The predicted molar refractivity (Wildman–Crippen MR) is 154 cm³/mol. The molecule has 0 spiro atoms. The highest BCUT2D eigenvalue weighted by Gasteiger charge is 2.54. The van der Waals surface area contributed by atoms with Crippen LogP contribution in [0.3, 0.4) is 0 Å². The zero-order valence-electron chi connectivity index (χ0n) is 21.4. The molecule has 2 saturated carbocycles. The van der Waals surface area contributed by atoms with Gasteiger partial charge in [0.15, 0.2) is 27.9 Å². The van der Waals surface area contributed by atoms with Crippen molar-refractivity contribution in [1.82, 2.24) is 25.0 Å². The molecular weight excluding hydrogens is 599 g/mol. The van der Waals surface area contributed by atoms with Crippen LogP contribution in [0.15, 0.2) is 47.6 Å². The minimum absolute atomic E-state index is 0.00889. The van der Waals surface area contributed by atoms with Crippen molar-refractivity contribution in [2.75, 3.05) is 15.5 Å². The molecule has 8 nitrogen and oxygen atoms in total. The molecule has 3 aliphatic rings. The second-order valence-corrected chi connectivity index (χ2v) is 12.5. The van der Waals surface area contributed by atoms with Crippen LogP contribution in [0, 0.1) is 5.92 Å². The molecule has 3 aromatic rings. The molecule has 1 unspecified atom stereocenters. The average Bonchev–Trinajstić information content (AvgIpc) is 3.23. The van der Waals surface area contributed by atoms with Crippen molar-refractivity contribution in [3.05, 3.63) is 48.0 Å². The van der Waals surface area contributed by atoms with Gasteiger partial charge in [0.1, 0.15) is 6.10 Å². The van der Waals surface area contributed by atoms with E-state index in [1.54, 1.807) is 11.8 Å². The third-order valence-corrected chi connectivity index (χ3v) is 8.91. The van der Waals surface area contributed by atoms with E-state index >= 15 is 0 Å². The number of aromatic nitrogens is 5. The molecule has 1 saturated heterocycles. The van der Waals surface area contributed by atoms with Crippen LogP contribution in [0.25, 0.3) is 11.2 Å². The fourth-order valence-electron chi connectivity index (χ4n) is 5.64. The molecule has 6 atom stereocenters. The lowest BCUT2D eigenvalue weighted by atomic mass is 10.1. The molecular formula is C27H33IN6O2S. The summed E-state index contributed by atoms with van der Waals surface area (Å²) in [5, 5.41) is 13.7. The smallest absolute Gasteiger partial charge is 0.191 e. The zero-order chi connectivity index (χ0) is 25.6. The Morgan fingerprint density at radius 3 is 2.76 bits per heavy atom. The molecule has 1 N–H and O–H groups in total. The standard InChI is InChI=1S/C27H33IN6O2S/c1-4-13-37-26-30-24(29-19-15-18(19)16-9-6-5-7-10-16)21-25(31-26)34(33-32-21)20-14-17(11-8-12-28)22-23(20)36-27(2,3)35-22/h5-11,17-20,22-23H,4,12-15H2,1-3H3,(H,29,30,31)/t17-,18+,19+,20+,22?,23-/m1/s1. The first kappa shape index (κ1) is 25.5. The molecule has 1 aliphatic heterocycles. The van der Waals surface area contributed by atoms with E-state index in [-0.39, 0.29) is 24.2 Å². The highest BCUT2D eigenvalue weighted by Crippen LogP contribution is 2.48. The number of thioether (sulfide) groups is 1. The van der Waals surface area contributed by atoms with E-state index in [1.165, 1.54) is 5.56 Å². The van der Waals surface area contributed by atoms with Crippen LogP contribution < -0.4 is 5.32 Å². The van der Waals surface area contributed by atoms with Gasteiger partial charge in [0.25, 0.3) is 0 Å². The predicted octanol–water partition coefficient (Wildman–Crippen LogP) is 5.76. The minimum Gasteiger partial charge on any atom is -0.365 e. The number of allylic oxidation sites excluding steroid dienone is 1. The molecule has 37 heavy (non-hydrogen) atoms. The van der Waals surface area contributed by atoms with Crippen molar-refractivity contribution >= 4 is 51.3 Å². The van der Waals surface area contributed by atoms with Gasteiger partial charge in [-0.3, -0.25) is 0 Å². The van der Waals surface area contributed by atoms with Crippen LogP contribution in [-0.2, 0) is 9.47 Å². The van der Waals surface area contributed by atoms with Gasteiger partial charge < -0.3 is 14.8 Å². The minimum atomic E-state index is -0.622. The number of alkyl halides is 1. The van der Waals surface area contributed by atoms with E-state index in [0.717, 1.165) is 51.6 Å². The van der Waals surface area contributed by atoms with Gasteiger partial charge in [-0.05, 0) is 38.7 Å². The quantitative estimate of drug-likeness (QED) is 0.105. The lowest BCUT2D eigenvalue weighted by Gasteiger charge is -2.23. The summed E-state index contributed by atoms with van der Waals surface area (Å²) >= 11 is 4.05. The molecule has 3 fully saturated rings. The fourth-order valence-corrected chi connectivity index (χ4v) is 6.62. The number of anilines is 1. The highest BCUT2D eigenvalue weighted by molar-refractivity contribution is 14.1. The maximum Gasteiger partial charge on any atom is 0.191 e. The van der Waals surface area contributed by atoms with Crippen molar-refractivity contribution in [2.24, 2.45) is 5.92 Å². The van der Waals surface area contributed by atoms with Crippen LogP contribution in [0.5, 0.6) is 0 Å². The first-order valence-electron chi connectivity index (χ1n) is 13.1. The normalized spacial score (nSPS) is 30.3. The Hall–Kier alpha value is -1.76. The third kappa shape index (κ3) is 5.14. The first-order chi connectivity index (χ1) is 18.0. The van der Waals surface area contributed by atoms with Crippen LogP contribution in [0.2, 0.25) is 0 Å². The van der Waals surface area contributed by atoms with Crippen LogP contribution >= 0.6 is 34.4 Å². The number of hydrogen-bond donors (Lipinski definition) is 1. The number of ether oxygens (including phenoxy) is 2. The summed E-state index contributed by atoms with van der Waals surface area (Å²) in [7, 11) is 0. The van der Waals surface area contributed by atoms with Gasteiger partial charge in [-0.15, -0.1) is 5.10 Å². The molecule has 6 rings (SSSR count). The van der Waals surface area contributed by atoms with E-state index < -0.39 is 5.79 Å². The second-order valence-electron chi connectivity index (χ2n) is 10.5. The lowest BCUT2D eigenvalue weighted by Crippen LogP contribution is -2.28. The van der Waals surface area contributed by atoms with Gasteiger partial charge in [-0.2, -0.15) is 0 Å². The Morgan fingerprint density at radius 1 is 1.16 bits per heavy atom. The van der Waals surface area contributed by atoms with Crippen molar-refractivity contribution in [2.45, 2.75) is 81.2 Å². The largest absolute Gasteiger partial charge is 0.365 e. The summed E-state index contributed by atoms with van der Waals surface area (Å²) in [5.41, 5.74) is 2.85. The molecule has 2 aromatic heterocycles. The average molecular weight is 633 g/mol. The number of fused-ring (bicyclic) bond motifs is 2. The van der Waals surface area contributed by atoms with Gasteiger partial charge in [-0.25, -0.2) is 14.6 Å². The summed E-state index contributed by atoms with van der Waals surface area (Å²) in [6, 6.07) is 11.0. The fraction of sp³-hybridized carbons (Fsp3) is 0.556. The van der Waals surface area contributed by atoms with E-state index in [4.69, 9.17) is 19.4 Å². The first-order valence-corrected chi connectivity index (χ1v) is 15.6. The third-order valence-electron chi connectivity index (χ3n) is 7.34. The lowest BCUT2D eigenvalue weighted by molar-refractivity contribution is -0.158. The number of rotatable bonds is 9. The summed E-state index contributed by atoms with van der Waals surface area (Å²) < 4.78 is 15.7. The highest BCUT2D eigenvalue weighted by atomic mass is 127. The van der Waals surface area contributed by atoms with Crippen molar-refractivity contribution < 1.29 is 9.47 Å². The molecule has 0 radical (unpaired) electrons. The van der Waals surface area contributed by atoms with Crippen molar-refractivity contribution in [1.29, 1.82) is 0 Å². The van der Waals surface area contributed by atoms with E-state index in [0.29, 0.717) is 12.0 Å². The van der Waals surface area contributed by atoms with Crippen molar-refractivity contribution in [3.63, 3.8) is 0 Å². The second kappa shape index (κ2) is 10.4. The van der Waals surface area contributed by atoms with E-state index in [9.17, 15) is 0 Å². The zero-order valence-corrected chi connectivity index (χ0v) is 24.4. The topological polar surface area (TPSA) is 87.0 Å². The van der Waals surface area contributed by atoms with E-state index in [2.05, 4.69) is 87.6 Å². The molecule has 0 amide bonds. The van der Waals surface area contributed by atoms with Crippen LogP contribution in [0.1, 0.15) is 57.6 Å². The molecule has 3 heterocycles. The van der Waals surface area contributed by atoms with Gasteiger partial charge in [0, 0.05) is 28.1 Å². The molecule has 10 heteroatoms. The van der Waals surface area contributed by atoms with Crippen LogP contribution in [0.4, 0.5) is 5.82 Å². The van der Waals surface area contributed by atoms with Gasteiger partial charge in [-0.1, -0.05) is 89.0 Å². The molecule has 196 valence electrons. The Kier molecular flexibility index (Phi) is 7.19. The number of benzene rings is 1. The Balaban J connectivity index is 1.33.